The van der Waals surface area contributed by atoms with Crippen molar-refractivity contribution in [2.75, 3.05) is 5.32 Å². The van der Waals surface area contributed by atoms with Gasteiger partial charge in [-0.15, -0.1) is 0 Å². The second-order valence-electron chi connectivity index (χ2n) is 6.28. The van der Waals surface area contributed by atoms with Gasteiger partial charge in [0.25, 0.3) is 0 Å². The average Bonchev–Trinajstić information content (AvgIpc) is 2.27. The number of pyridine rings is 1. The van der Waals surface area contributed by atoms with Gasteiger partial charge in [-0.3, -0.25) is 4.98 Å². The van der Waals surface area contributed by atoms with E-state index in [4.69, 9.17) is 0 Å². The van der Waals surface area contributed by atoms with Crippen molar-refractivity contribution in [1.82, 2.24) is 4.98 Å². The van der Waals surface area contributed by atoms with Crippen molar-refractivity contribution in [2.45, 2.75) is 52.5 Å². The molecule has 104 valence electrons. The lowest BCUT2D eigenvalue weighted by Gasteiger charge is -2.36. The Balaban J connectivity index is 2.18. The fourth-order valence-corrected chi connectivity index (χ4v) is 2.89. The summed E-state index contributed by atoms with van der Waals surface area (Å²) in [6.45, 7) is 6.43. The number of aromatic nitrogens is 1. The van der Waals surface area contributed by atoms with E-state index in [9.17, 15) is 9.90 Å². The molecular weight excluding hydrogens is 240 g/mol. The van der Waals surface area contributed by atoms with E-state index in [-0.39, 0.29) is 5.56 Å². The van der Waals surface area contributed by atoms with E-state index in [1.165, 1.54) is 19.0 Å². The number of anilines is 1. The summed E-state index contributed by atoms with van der Waals surface area (Å²) in [5.74, 6) is -0.926. The number of carboxylic acids is 1. The lowest BCUT2D eigenvalue weighted by atomic mass is 9.75. The Morgan fingerprint density at radius 1 is 1.53 bits per heavy atom. The number of hydrogen-bond donors (Lipinski definition) is 2. The maximum Gasteiger partial charge on any atom is 0.339 e. The fourth-order valence-electron chi connectivity index (χ4n) is 2.89. The highest BCUT2D eigenvalue weighted by atomic mass is 16.4. The van der Waals surface area contributed by atoms with Crippen LogP contribution >= 0.6 is 0 Å². The summed E-state index contributed by atoms with van der Waals surface area (Å²) >= 11 is 0. The molecule has 0 amide bonds. The highest BCUT2D eigenvalue weighted by Gasteiger charge is 2.28. The molecule has 0 radical (unpaired) electrons. The zero-order chi connectivity index (χ0) is 14.0. The molecule has 0 aromatic carbocycles. The van der Waals surface area contributed by atoms with E-state index in [0.717, 1.165) is 18.5 Å². The van der Waals surface area contributed by atoms with Gasteiger partial charge in [0.15, 0.2) is 0 Å². The van der Waals surface area contributed by atoms with Crippen LogP contribution in [0.25, 0.3) is 0 Å². The van der Waals surface area contributed by atoms with Crippen LogP contribution in [0.1, 0.15) is 55.6 Å². The van der Waals surface area contributed by atoms with Crippen LogP contribution in [-0.2, 0) is 0 Å². The Morgan fingerprint density at radius 3 is 2.89 bits per heavy atom. The monoisotopic (exact) mass is 262 g/mol. The molecule has 0 aliphatic heterocycles. The zero-order valence-electron chi connectivity index (χ0n) is 11.9. The molecular formula is C15H22N2O2. The largest absolute Gasteiger partial charge is 0.478 e. The average molecular weight is 262 g/mol. The number of rotatable bonds is 3. The third kappa shape index (κ3) is 3.46. The number of nitrogens with one attached hydrogen (secondary N) is 1. The van der Waals surface area contributed by atoms with Crippen molar-refractivity contribution >= 4 is 11.7 Å². The van der Waals surface area contributed by atoms with Crippen molar-refractivity contribution < 1.29 is 9.90 Å². The van der Waals surface area contributed by atoms with Crippen LogP contribution in [0.3, 0.4) is 0 Å². The van der Waals surface area contributed by atoms with Crippen LogP contribution < -0.4 is 5.32 Å². The van der Waals surface area contributed by atoms with Gasteiger partial charge in [0.1, 0.15) is 5.56 Å². The van der Waals surface area contributed by atoms with Gasteiger partial charge >= 0.3 is 5.97 Å². The standard InChI is InChI=1S/C15H22N2O2/c1-10-7-13(12(9-16-10)14(18)19)17-11-5-4-6-15(2,3)8-11/h7,9,11H,4-6,8H2,1-3H3,(H,16,17)(H,18,19). The molecule has 4 nitrogen and oxygen atoms in total. The minimum absolute atomic E-state index is 0.258. The maximum absolute atomic E-state index is 11.2. The first-order chi connectivity index (χ1) is 8.87. The summed E-state index contributed by atoms with van der Waals surface area (Å²) in [4.78, 5) is 15.3. The van der Waals surface area contributed by atoms with Crippen LogP contribution in [0.15, 0.2) is 12.3 Å². The first-order valence-electron chi connectivity index (χ1n) is 6.84. The Bertz CT molecular complexity index is 483. The van der Waals surface area contributed by atoms with Crippen LogP contribution in [0.2, 0.25) is 0 Å². The quantitative estimate of drug-likeness (QED) is 0.875. The third-order valence-electron chi connectivity index (χ3n) is 3.84. The zero-order valence-corrected chi connectivity index (χ0v) is 11.9. The van der Waals surface area contributed by atoms with Crippen LogP contribution in [-0.4, -0.2) is 22.1 Å². The summed E-state index contributed by atoms with van der Waals surface area (Å²) in [7, 11) is 0. The lowest BCUT2D eigenvalue weighted by molar-refractivity contribution is 0.0697. The Kier molecular flexibility index (Phi) is 3.78. The molecule has 1 unspecified atom stereocenters. The Labute approximate surface area is 114 Å². The molecule has 4 heteroatoms. The number of carboxylic acid groups (broad SMARTS) is 1. The topological polar surface area (TPSA) is 62.2 Å². The Morgan fingerprint density at radius 2 is 2.26 bits per heavy atom. The van der Waals surface area contributed by atoms with Gasteiger partial charge in [-0.1, -0.05) is 20.3 Å². The summed E-state index contributed by atoms with van der Waals surface area (Å²) < 4.78 is 0. The van der Waals surface area contributed by atoms with Crippen molar-refractivity contribution in [2.24, 2.45) is 5.41 Å². The first kappa shape index (κ1) is 13.8. The smallest absolute Gasteiger partial charge is 0.339 e. The molecule has 1 saturated carbocycles. The minimum atomic E-state index is -0.926. The van der Waals surface area contributed by atoms with Gasteiger partial charge in [-0.05, 0) is 37.7 Å². The van der Waals surface area contributed by atoms with Gasteiger partial charge in [0.2, 0.25) is 0 Å². The maximum atomic E-state index is 11.2. The molecule has 2 N–H and O–H groups in total. The van der Waals surface area contributed by atoms with Gasteiger partial charge in [-0.25, -0.2) is 4.79 Å². The molecule has 0 saturated heterocycles. The molecule has 0 bridgehead atoms. The predicted molar refractivity (Wildman–Crippen MR) is 75.6 cm³/mol. The number of aromatic carboxylic acids is 1. The number of carbonyl (C=O) groups is 1. The van der Waals surface area contributed by atoms with Crippen LogP contribution in [0.4, 0.5) is 5.69 Å². The second-order valence-corrected chi connectivity index (χ2v) is 6.28. The molecule has 1 aromatic heterocycles. The Hall–Kier alpha value is -1.58. The van der Waals surface area contributed by atoms with E-state index in [1.54, 1.807) is 0 Å². The predicted octanol–water partition coefficient (Wildman–Crippen LogP) is 3.47. The first-order valence-corrected chi connectivity index (χ1v) is 6.84. The highest BCUT2D eigenvalue weighted by molar-refractivity contribution is 5.93. The highest BCUT2D eigenvalue weighted by Crippen LogP contribution is 2.36. The third-order valence-corrected chi connectivity index (χ3v) is 3.84. The normalized spacial score (nSPS) is 21.9. The van der Waals surface area contributed by atoms with Crippen LogP contribution in [0.5, 0.6) is 0 Å². The lowest BCUT2D eigenvalue weighted by Crippen LogP contribution is -2.32. The molecule has 19 heavy (non-hydrogen) atoms. The van der Waals surface area contributed by atoms with E-state index in [1.807, 2.05) is 13.0 Å². The van der Waals surface area contributed by atoms with Gasteiger partial charge < -0.3 is 10.4 Å². The van der Waals surface area contributed by atoms with E-state index in [2.05, 4.69) is 24.1 Å². The number of hydrogen-bond acceptors (Lipinski definition) is 3. The van der Waals surface area contributed by atoms with E-state index < -0.39 is 5.97 Å². The second kappa shape index (κ2) is 5.19. The molecule has 1 fully saturated rings. The fraction of sp³-hybridized carbons (Fsp3) is 0.600. The van der Waals surface area contributed by atoms with E-state index in [0.29, 0.717) is 17.1 Å². The van der Waals surface area contributed by atoms with Crippen molar-refractivity contribution in [1.29, 1.82) is 0 Å². The molecule has 1 heterocycles. The molecule has 1 aromatic rings. The summed E-state index contributed by atoms with van der Waals surface area (Å²) in [5.41, 5.74) is 2.13. The van der Waals surface area contributed by atoms with Crippen molar-refractivity contribution in [3.05, 3.63) is 23.5 Å². The summed E-state index contributed by atoms with van der Waals surface area (Å²) in [6, 6.07) is 2.18. The van der Waals surface area contributed by atoms with Gasteiger partial charge in [0, 0.05) is 17.9 Å². The van der Waals surface area contributed by atoms with Crippen molar-refractivity contribution in [3.63, 3.8) is 0 Å². The molecule has 1 aliphatic rings. The molecule has 2 rings (SSSR count). The molecule has 0 spiro atoms. The minimum Gasteiger partial charge on any atom is -0.478 e. The summed E-state index contributed by atoms with van der Waals surface area (Å²) in [5, 5.41) is 12.6. The summed E-state index contributed by atoms with van der Waals surface area (Å²) in [6.07, 6.45) is 6.05. The van der Waals surface area contributed by atoms with Gasteiger partial charge in [-0.2, -0.15) is 0 Å². The van der Waals surface area contributed by atoms with Gasteiger partial charge in [0.05, 0.1) is 5.69 Å². The molecule has 1 aliphatic carbocycles. The van der Waals surface area contributed by atoms with E-state index >= 15 is 0 Å². The SMILES string of the molecule is Cc1cc(NC2CCCC(C)(C)C2)c(C(=O)O)cn1. The van der Waals surface area contributed by atoms with Crippen LogP contribution in [0, 0.1) is 12.3 Å². The van der Waals surface area contributed by atoms with Crippen molar-refractivity contribution in [3.8, 4) is 0 Å². The number of nitrogens with zero attached hydrogens (tertiary/aromatic N) is 1. The molecule has 1 atom stereocenters. The number of aryl methyl sites for hydroxylation is 1.